The molecule has 0 heterocycles. The van der Waals surface area contributed by atoms with E-state index in [2.05, 4.69) is 0 Å². The van der Waals surface area contributed by atoms with Gasteiger partial charge in [0.15, 0.2) is 6.10 Å². The molecule has 0 aliphatic rings. The van der Waals surface area contributed by atoms with Gasteiger partial charge in [-0.25, -0.2) is 4.79 Å². The van der Waals surface area contributed by atoms with Crippen LogP contribution in [0, 0.1) is 0 Å². The Bertz CT molecular complexity index is 580. The highest BCUT2D eigenvalue weighted by Crippen LogP contribution is 2.30. The maximum absolute atomic E-state index is 11.0. The normalized spacial score (nSPS) is 12.3. The van der Waals surface area contributed by atoms with Crippen molar-refractivity contribution in [3.8, 4) is 5.75 Å². The summed E-state index contributed by atoms with van der Waals surface area (Å²) in [6.45, 7) is 1.78. The van der Waals surface area contributed by atoms with Crippen LogP contribution in [0.1, 0.15) is 13.3 Å². The number of carbonyl (C=O) groups is 1. The molecule has 3 N–H and O–H groups in total. The van der Waals surface area contributed by atoms with Gasteiger partial charge in [0.25, 0.3) is 0 Å². The summed E-state index contributed by atoms with van der Waals surface area (Å²) < 4.78 is 5.54. The summed E-state index contributed by atoms with van der Waals surface area (Å²) in [6.07, 6.45) is -0.425. The molecule has 0 bridgehead atoms. The number of nitrogens with two attached hydrogens (primary N) is 1. The summed E-state index contributed by atoms with van der Waals surface area (Å²) in [6, 6.07) is 11.0. The Morgan fingerprint density at radius 3 is 2.56 bits per heavy atom. The van der Waals surface area contributed by atoms with Crippen molar-refractivity contribution in [1.82, 2.24) is 0 Å². The average molecular weight is 245 g/mol. The van der Waals surface area contributed by atoms with Crippen LogP contribution in [0.3, 0.4) is 0 Å². The molecule has 4 heteroatoms. The Morgan fingerprint density at radius 1 is 1.28 bits per heavy atom. The lowest BCUT2D eigenvalue weighted by molar-refractivity contribution is -0.145. The number of hydrogen-bond donors (Lipinski definition) is 2. The number of carboxylic acid groups (broad SMARTS) is 1. The predicted molar refractivity (Wildman–Crippen MR) is 70.7 cm³/mol. The summed E-state index contributed by atoms with van der Waals surface area (Å²) in [5.74, 6) is -0.410. The fraction of sp³-hybridized carbons (Fsp3) is 0.214. The smallest absolute Gasteiger partial charge is 0.344 e. The van der Waals surface area contributed by atoms with E-state index in [4.69, 9.17) is 15.6 Å². The number of hydrogen-bond acceptors (Lipinski definition) is 3. The first-order valence-corrected chi connectivity index (χ1v) is 5.80. The van der Waals surface area contributed by atoms with Gasteiger partial charge in [0.2, 0.25) is 0 Å². The number of anilines is 1. The summed E-state index contributed by atoms with van der Waals surface area (Å²) in [5.41, 5.74) is 6.53. The first-order valence-electron chi connectivity index (χ1n) is 5.80. The van der Waals surface area contributed by atoms with Gasteiger partial charge >= 0.3 is 5.97 Å². The van der Waals surface area contributed by atoms with Crippen LogP contribution in [-0.2, 0) is 4.79 Å². The van der Waals surface area contributed by atoms with Crippen LogP contribution >= 0.6 is 0 Å². The Hall–Kier alpha value is -2.23. The summed E-state index contributed by atoms with van der Waals surface area (Å²) in [5, 5.41) is 10.7. The van der Waals surface area contributed by atoms with Crippen molar-refractivity contribution in [2.75, 3.05) is 5.73 Å². The van der Waals surface area contributed by atoms with E-state index in [-0.39, 0.29) is 0 Å². The van der Waals surface area contributed by atoms with Crippen LogP contribution in [0.2, 0.25) is 0 Å². The molecule has 1 unspecified atom stereocenters. The third kappa shape index (κ3) is 2.22. The Kier molecular flexibility index (Phi) is 3.37. The fourth-order valence-electron chi connectivity index (χ4n) is 1.86. The molecule has 0 radical (unpaired) electrons. The van der Waals surface area contributed by atoms with Gasteiger partial charge < -0.3 is 15.6 Å². The zero-order valence-corrected chi connectivity index (χ0v) is 10.1. The number of nitrogen functional groups attached to an aromatic ring is 1. The Morgan fingerprint density at radius 2 is 1.94 bits per heavy atom. The van der Waals surface area contributed by atoms with Gasteiger partial charge in [-0.3, -0.25) is 0 Å². The third-order valence-electron chi connectivity index (χ3n) is 2.83. The molecule has 0 saturated heterocycles. The van der Waals surface area contributed by atoms with E-state index >= 15 is 0 Å². The van der Waals surface area contributed by atoms with E-state index < -0.39 is 12.1 Å². The second-order valence-corrected chi connectivity index (χ2v) is 4.05. The number of benzene rings is 2. The van der Waals surface area contributed by atoms with Crippen LogP contribution < -0.4 is 10.5 Å². The highest BCUT2D eigenvalue weighted by Gasteiger charge is 2.18. The lowest BCUT2D eigenvalue weighted by atomic mass is 10.1. The Balaban J connectivity index is 2.45. The molecule has 18 heavy (non-hydrogen) atoms. The maximum atomic E-state index is 11.0. The lowest BCUT2D eigenvalue weighted by Crippen LogP contribution is -2.26. The zero-order valence-electron chi connectivity index (χ0n) is 10.1. The first kappa shape index (κ1) is 12.2. The minimum absolute atomic E-state index is 0.411. The molecule has 2 aromatic carbocycles. The van der Waals surface area contributed by atoms with E-state index in [1.165, 1.54) is 0 Å². The van der Waals surface area contributed by atoms with Gasteiger partial charge in [-0.1, -0.05) is 31.2 Å². The molecule has 2 aromatic rings. The second-order valence-electron chi connectivity index (χ2n) is 4.05. The second kappa shape index (κ2) is 4.96. The van der Waals surface area contributed by atoms with Gasteiger partial charge in [0, 0.05) is 16.5 Å². The molecule has 0 aliphatic carbocycles. The Labute approximate surface area is 105 Å². The largest absolute Gasteiger partial charge is 0.479 e. The van der Waals surface area contributed by atoms with Gasteiger partial charge in [-0.15, -0.1) is 0 Å². The molecule has 2 rings (SSSR count). The van der Waals surface area contributed by atoms with Crippen molar-refractivity contribution in [2.45, 2.75) is 19.4 Å². The quantitative estimate of drug-likeness (QED) is 0.812. The van der Waals surface area contributed by atoms with Gasteiger partial charge in [-0.2, -0.15) is 0 Å². The first-order chi connectivity index (χ1) is 8.63. The van der Waals surface area contributed by atoms with Crippen molar-refractivity contribution in [2.24, 2.45) is 0 Å². The van der Waals surface area contributed by atoms with Gasteiger partial charge in [0.1, 0.15) is 5.75 Å². The van der Waals surface area contributed by atoms with E-state index in [1.54, 1.807) is 19.1 Å². The van der Waals surface area contributed by atoms with Crippen molar-refractivity contribution < 1.29 is 14.6 Å². The van der Waals surface area contributed by atoms with Crippen LogP contribution in [0.5, 0.6) is 5.75 Å². The molecule has 0 fully saturated rings. The van der Waals surface area contributed by atoms with Crippen LogP contribution in [0.15, 0.2) is 36.4 Å². The monoisotopic (exact) mass is 245 g/mol. The van der Waals surface area contributed by atoms with E-state index in [0.29, 0.717) is 17.9 Å². The molecule has 0 amide bonds. The number of aliphatic carboxylic acids is 1. The molecule has 0 aromatic heterocycles. The summed E-state index contributed by atoms with van der Waals surface area (Å²) in [4.78, 5) is 11.0. The number of rotatable bonds is 4. The predicted octanol–water partition coefficient (Wildman–Crippen LogP) is 2.66. The van der Waals surface area contributed by atoms with Gasteiger partial charge in [0.05, 0.1) is 0 Å². The van der Waals surface area contributed by atoms with Crippen molar-refractivity contribution in [1.29, 1.82) is 0 Å². The average Bonchev–Trinajstić information content (AvgIpc) is 2.38. The molecule has 0 saturated carbocycles. The minimum Gasteiger partial charge on any atom is -0.479 e. The summed E-state index contributed by atoms with van der Waals surface area (Å²) in [7, 11) is 0. The molecule has 4 nitrogen and oxygen atoms in total. The maximum Gasteiger partial charge on any atom is 0.344 e. The molecule has 0 aliphatic heterocycles. The SMILES string of the molecule is CCC(Oc1ccc(N)c2ccccc12)C(=O)O. The summed E-state index contributed by atoms with van der Waals surface area (Å²) >= 11 is 0. The number of ether oxygens (including phenoxy) is 1. The highest BCUT2D eigenvalue weighted by atomic mass is 16.5. The van der Waals surface area contributed by atoms with Crippen molar-refractivity contribution >= 4 is 22.4 Å². The molecular weight excluding hydrogens is 230 g/mol. The number of carboxylic acids is 1. The van der Waals surface area contributed by atoms with Crippen LogP contribution in [-0.4, -0.2) is 17.2 Å². The van der Waals surface area contributed by atoms with Gasteiger partial charge in [-0.05, 0) is 18.6 Å². The molecule has 1 atom stereocenters. The molecule has 94 valence electrons. The standard InChI is InChI=1S/C14H15NO3/c1-2-12(14(16)17)18-13-8-7-11(15)9-5-3-4-6-10(9)13/h3-8,12H,2,15H2,1H3,(H,16,17). The van der Waals surface area contributed by atoms with E-state index in [1.807, 2.05) is 24.3 Å². The highest BCUT2D eigenvalue weighted by molar-refractivity contribution is 5.97. The van der Waals surface area contributed by atoms with E-state index in [0.717, 1.165) is 10.8 Å². The van der Waals surface area contributed by atoms with Crippen molar-refractivity contribution in [3.05, 3.63) is 36.4 Å². The fourth-order valence-corrected chi connectivity index (χ4v) is 1.86. The lowest BCUT2D eigenvalue weighted by Gasteiger charge is -2.15. The molecule has 0 spiro atoms. The third-order valence-corrected chi connectivity index (χ3v) is 2.83. The molecular formula is C14H15NO3. The van der Waals surface area contributed by atoms with Crippen molar-refractivity contribution in [3.63, 3.8) is 0 Å². The zero-order chi connectivity index (χ0) is 13.1. The minimum atomic E-state index is -0.960. The topological polar surface area (TPSA) is 72.5 Å². The van der Waals surface area contributed by atoms with Crippen LogP contribution in [0.4, 0.5) is 5.69 Å². The van der Waals surface area contributed by atoms with E-state index in [9.17, 15) is 4.79 Å². The number of fused-ring (bicyclic) bond motifs is 1. The van der Waals surface area contributed by atoms with Crippen LogP contribution in [0.25, 0.3) is 10.8 Å².